The van der Waals surface area contributed by atoms with Gasteiger partial charge in [-0.1, -0.05) is 6.07 Å². The molecule has 24 heavy (non-hydrogen) atoms. The van der Waals surface area contributed by atoms with E-state index in [0.29, 0.717) is 18.7 Å². The molecule has 0 saturated heterocycles. The molecule has 0 spiro atoms. The maximum absolute atomic E-state index is 13.3. The lowest BCUT2D eigenvalue weighted by Gasteiger charge is -2.08. The van der Waals surface area contributed by atoms with Crippen molar-refractivity contribution >= 4 is 22.4 Å². The molecular weight excluding hydrogens is 311 g/mol. The van der Waals surface area contributed by atoms with Gasteiger partial charge in [-0.2, -0.15) is 0 Å². The largest absolute Gasteiger partial charge is 0.379 e. The topological polar surface area (TPSA) is 73.0 Å². The maximum Gasteiger partial charge on any atom is 0.292 e. The van der Waals surface area contributed by atoms with Gasteiger partial charge in [-0.3, -0.25) is 10.1 Å². The second kappa shape index (κ2) is 6.27. The number of aromatic nitrogens is 2. The minimum absolute atomic E-state index is 0.0575. The zero-order chi connectivity index (χ0) is 17.3. The molecule has 3 rings (SSSR count). The molecule has 0 aliphatic rings. The smallest absolute Gasteiger partial charge is 0.292 e. The standard InChI is InChI=1S/C17H17FN4O2/c1-11-3-5-13(16(9-11)22(23)24)19-8-7-17-20-14-6-4-12(18)10-15(14)21(17)2/h3-6,9-10,19H,7-8H2,1-2H3. The van der Waals surface area contributed by atoms with Crippen molar-refractivity contribution in [3.8, 4) is 0 Å². The van der Waals surface area contributed by atoms with Gasteiger partial charge in [-0.05, 0) is 36.8 Å². The van der Waals surface area contributed by atoms with E-state index in [0.717, 1.165) is 22.4 Å². The molecule has 0 unspecified atom stereocenters. The number of nitro benzene ring substituents is 1. The second-order valence-corrected chi connectivity index (χ2v) is 5.67. The third-order valence-electron chi connectivity index (χ3n) is 3.95. The van der Waals surface area contributed by atoms with E-state index in [4.69, 9.17) is 0 Å². The fourth-order valence-corrected chi connectivity index (χ4v) is 2.69. The Hall–Kier alpha value is -2.96. The third kappa shape index (κ3) is 3.05. The Kier molecular flexibility index (Phi) is 4.16. The van der Waals surface area contributed by atoms with E-state index in [9.17, 15) is 14.5 Å². The normalized spacial score (nSPS) is 11.0. The SMILES string of the molecule is Cc1ccc(NCCc2nc3ccc(F)cc3n2C)c([N+](=O)[O-])c1. The lowest BCUT2D eigenvalue weighted by Crippen LogP contribution is -2.10. The number of fused-ring (bicyclic) bond motifs is 1. The summed E-state index contributed by atoms with van der Waals surface area (Å²) in [4.78, 5) is 15.2. The average molecular weight is 328 g/mol. The molecule has 0 fully saturated rings. The monoisotopic (exact) mass is 328 g/mol. The molecule has 1 heterocycles. The number of nitrogens with zero attached hydrogens (tertiary/aromatic N) is 3. The van der Waals surface area contributed by atoms with Gasteiger partial charge >= 0.3 is 0 Å². The number of anilines is 1. The quantitative estimate of drug-likeness (QED) is 0.574. The highest BCUT2D eigenvalue weighted by molar-refractivity contribution is 5.76. The number of halogens is 1. The van der Waals surface area contributed by atoms with Crippen LogP contribution < -0.4 is 5.32 Å². The minimum Gasteiger partial charge on any atom is -0.379 e. The van der Waals surface area contributed by atoms with Crippen molar-refractivity contribution in [1.82, 2.24) is 9.55 Å². The Balaban J connectivity index is 1.76. The molecule has 0 bridgehead atoms. The summed E-state index contributed by atoms with van der Waals surface area (Å²) in [6, 6.07) is 9.55. The average Bonchev–Trinajstić information content (AvgIpc) is 2.85. The summed E-state index contributed by atoms with van der Waals surface area (Å²) >= 11 is 0. The molecule has 6 nitrogen and oxygen atoms in total. The number of rotatable bonds is 5. The van der Waals surface area contributed by atoms with Crippen molar-refractivity contribution in [3.63, 3.8) is 0 Å². The van der Waals surface area contributed by atoms with Gasteiger partial charge in [0.2, 0.25) is 0 Å². The highest BCUT2D eigenvalue weighted by Crippen LogP contribution is 2.25. The van der Waals surface area contributed by atoms with E-state index < -0.39 is 4.92 Å². The van der Waals surface area contributed by atoms with Gasteiger partial charge in [0, 0.05) is 26.1 Å². The highest BCUT2D eigenvalue weighted by atomic mass is 19.1. The first-order valence-electron chi connectivity index (χ1n) is 7.55. The third-order valence-corrected chi connectivity index (χ3v) is 3.95. The van der Waals surface area contributed by atoms with Gasteiger partial charge in [0.05, 0.1) is 16.0 Å². The molecule has 0 aliphatic heterocycles. The van der Waals surface area contributed by atoms with Crippen molar-refractivity contribution < 1.29 is 9.31 Å². The Morgan fingerprint density at radius 3 is 2.83 bits per heavy atom. The van der Waals surface area contributed by atoms with Crippen LogP contribution in [0.4, 0.5) is 15.8 Å². The highest BCUT2D eigenvalue weighted by Gasteiger charge is 2.14. The van der Waals surface area contributed by atoms with Gasteiger partial charge in [-0.15, -0.1) is 0 Å². The number of imidazole rings is 1. The number of nitro groups is 1. The molecule has 1 aromatic heterocycles. The molecular formula is C17H17FN4O2. The fourth-order valence-electron chi connectivity index (χ4n) is 2.69. The first kappa shape index (κ1) is 15.9. The summed E-state index contributed by atoms with van der Waals surface area (Å²) in [7, 11) is 1.83. The molecule has 0 radical (unpaired) electrons. The number of hydrogen-bond acceptors (Lipinski definition) is 4. The first-order chi connectivity index (χ1) is 11.5. The zero-order valence-electron chi connectivity index (χ0n) is 13.4. The van der Waals surface area contributed by atoms with E-state index in [1.807, 2.05) is 24.6 Å². The van der Waals surface area contributed by atoms with Crippen LogP contribution in [0.1, 0.15) is 11.4 Å². The maximum atomic E-state index is 13.3. The van der Waals surface area contributed by atoms with Crippen molar-refractivity contribution in [2.45, 2.75) is 13.3 Å². The predicted molar refractivity (Wildman–Crippen MR) is 90.7 cm³/mol. The molecule has 1 N–H and O–H groups in total. The summed E-state index contributed by atoms with van der Waals surface area (Å²) < 4.78 is 15.2. The van der Waals surface area contributed by atoms with Gasteiger partial charge in [0.25, 0.3) is 5.69 Å². The van der Waals surface area contributed by atoms with Crippen LogP contribution in [0.3, 0.4) is 0 Å². The van der Waals surface area contributed by atoms with Crippen molar-refractivity contribution in [2.75, 3.05) is 11.9 Å². The lowest BCUT2D eigenvalue weighted by atomic mass is 10.2. The molecule has 124 valence electrons. The molecule has 3 aromatic rings. The number of aryl methyl sites for hydroxylation is 2. The van der Waals surface area contributed by atoms with Crippen molar-refractivity contribution in [2.24, 2.45) is 7.05 Å². The van der Waals surface area contributed by atoms with E-state index in [1.165, 1.54) is 12.1 Å². The van der Waals surface area contributed by atoms with Gasteiger partial charge in [0.1, 0.15) is 17.3 Å². The molecule has 0 amide bonds. The van der Waals surface area contributed by atoms with E-state index in [-0.39, 0.29) is 11.5 Å². The molecule has 7 heteroatoms. The van der Waals surface area contributed by atoms with Crippen LogP contribution >= 0.6 is 0 Å². The summed E-state index contributed by atoms with van der Waals surface area (Å²) in [6.45, 7) is 2.30. The summed E-state index contributed by atoms with van der Waals surface area (Å²) in [5.74, 6) is 0.489. The minimum atomic E-state index is -0.396. The Labute approximate surface area is 138 Å². The lowest BCUT2D eigenvalue weighted by molar-refractivity contribution is -0.384. The van der Waals surface area contributed by atoms with Crippen LogP contribution in [0, 0.1) is 22.9 Å². The van der Waals surface area contributed by atoms with E-state index in [2.05, 4.69) is 10.3 Å². The Bertz CT molecular complexity index is 920. The van der Waals surface area contributed by atoms with E-state index in [1.54, 1.807) is 18.2 Å². The second-order valence-electron chi connectivity index (χ2n) is 5.67. The summed E-state index contributed by atoms with van der Waals surface area (Å²) in [5.41, 5.74) is 2.84. The van der Waals surface area contributed by atoms with Crippen LogP contribution in [0.2, 0.25) is 0 Å². The van der Waals surface area contributed by atoms with Crippen LogP contribution in [0.25, 0.3) is 11.0 Å². The first-order valence-corrected chi connectivity index (χ1v) is 7.55. The zero-order valence-corrected chi connectivity index (χ0v) is 13.4. The summed E-state index contributed by atoms with van der Waals surface area (Å²) in [6.07, 6.45) is 0.567. The number of nitrogens with one attached hydrogen (secondary N) is 1. The molecule has 0 saturated carbocycles. The molecule has 0 atom stereocenters. The number of hydrogen-bond donors (Lipinski definition) is 1. The number of benzene rings is 2. The van der Waals surface area contributed by atoms with Crippen LogP contribution in [0.5, 0.6) is 0 Å². The van der Waals surface area contributed by atoms with E-state index >= 15 is 0 Å². The van der Waals surface area contributed by atoms with Crippen LogP contribution in [-0.2, 0) is 13.5 Å². The summed E-state index contributed by atoms with van der Waals surface area (Å²) in [5, 5.41) is 14.2. The van der Waals surface area contributed by atoms with Crippen LogP contribution in [0.15, 0.2) is 36.4 Å². The van der Waals surface area contributed by atoms with Gasteiger partial charge in [-0.25, -0.2) is 9.37 Å². The fraction of sp³-hybridized carbons (Fsp3) is 0.235. The van der Waals surface area contributed by atoms with Gasteiger partial charge < -0.3 is 9.88 Å². The molecule has 0 aliphatic carbocycles. The van der Waals surface area contributed by atoms with Crippen molar-refractivity contribution in [3.05, 3.63) is 63.7 Å². The van der Waals surface area contributed by atoms with Gasteiger partial charge in [0.15, 0.2) is 0 Å². The predicted octanol–water partition coefficient (Wildman–Crippen LogP) is 3.58. The Morgan fingerprint density at radius 1 is 1.29 bits per heavy atom. The van der Waals surface area contributed by atoms with Crippen LogP contribution in [-0.4, -0.2) is 21.0 Å². The van der Waals surface area contributed by atoms with Crippen molar-refractivity contribution in [1.29, 1.82) is 0 Å². The molecule has 2 aromatic carbocycles. The Morgan fingerprint density at radius 2 is 2.08 bits per heavy atom.